The molecule has 0 nitrogen and oxygen atoms in total. The number of hydrogen-bond donors (Lipinski definition) is 0. The van der Waals surface area contributed by atoms with Gasteiger partial charge in [-0.25, -0.2) is 0 Å². The van der Waals surface area contributed by atoms with Crippen molar-refractivity contribution in [1.29, 1.82) is 0 Å². The molecule has 0 aliphatic rings. The van der Waals surface area contributed by atoms with Gasteiger partial charge in [0.15, 0.2) is 0 Å². The van der Waals surface area contributed by atoms with Crippen LogP contribution in [-0.2, 0) is 75.8 Å². The number of benzene rings is 6. The fourth-order valence-corrected chi connectivity index (χ4v) is 12.7. The highest BCUT2D eigenvalue weighted by atomic mass is 14.4. The summed E-state index contributed by atoms with van der Waals surface area (Å²) in [7, 11) is 0. The number of hydrogen-bond acceptors (Lipinski definition) is 0. The fourth-order valence-electron chi connectivity index (χ4n) is 12.7. The Morgan fingerprint density at radius 2 is 0.175 bits per heavy atom. The van der Waals surface area contributed by atoms with Gasteiger partial charge in [-0.05, 0) is 260 Å². The predicted octanol–water partition coefficient (Wildman–Crippen LogP) is 24.7. The van der Waals surface area contributed by atoms with Crippen molar-refractivity contribution < 1.29 is 0 Å². The molecule has 0 aliphatic carbocycles. The van der Waals surface area contributed by atoms with Gasteiger partial charge in [-0.1, -0.05) is 370 Å². The van der Waals surface area contributed by atoms with Gasteiger partial charge < -0.3 is 0 Å². The van der Waals surface area contributed by atoms with E-state index >= 15 is 0 Å². The minimum absolute atomic E-state index is 0.153. The van der Waals surface area contributed by atoms with E-state index in [1.165, 1.54) is 66.8 Å². The van der Waals surface area contributed by atoms with E-state index in [9.17, 15) is 0 Å². The zero-order chi connectivity index (χ0) is 85.9. The smallest absolute Gasteiger partial charge is 0.0677 e. The standard InChI is InChI=1S/C114H126/c1-101(2,3)83-65-84(102(4,5)6)72-95(71-83)113(96-73-85(103(7,8)9)66-86(74-96)104(10,11)12,97-75-87(105(13,14)15)67-88(76-97)106(16,17)18)63-61-59-57-55-53-51-49-47-45-43-41-39-37-38-40-42-44-46-48-50-52-54-56-58-60-62-64-114(98-77-89(107(19,20)21)68-90(78-98)108(22,23)24,99-79-91(109(25,26)27)69-92(80-99)110(28,29)30)100-81-93(111(31,32)33)70-94(82-100)112(34,35)36/h65-82H,1-36H3. The van der Waals surface area contributed by atoms with Crippen LogP contribution in [0.2, 0.25) is 0 Å². The van der Waals surface area contributed by atoms with Crippen molar-refractivity contribution in [2.24, 2.45) is 0 Å². The van der Waals surface area contributed by atoms with Crippen molar-refractivity contribution in [2.45, 2.75) is 325 Å². The molecule has 0 heteroatoms. The molecule has 0 atom stereocenters. The van der Waals surface area contributed by atoms with Crippen LogP contribution in [0.5, 0.6) is 0 Å². The quantitative estimate of drug-likeness (QED) is 0.115. The summed E-state index contributed by atoms with van der Waals surface area (Å²) in [5.41, 5.74) is 17.9. The van der Waals surface area contributed by atoms with Crippen LogP contribution in [0, 0.1) is 166 Å². The van der Waals surface area contributed by atoms with Gasteiger partial charge in [0.25, 0.3) is 0 Å². The molecule has 0 aliphatic heterocycles. The average Bonchev–Trinajstić information content (AvgIpc) is 0.729. The molecule has 0 aromatic heterocycles. The number of rotatable bonds is 6. The lowest BCUT2D eigenvalue weighted by atomic mass is 9.64. The molecule has 0 fully saturated rings. The van der Waals surface area contributed by atoms with Gasteiger partial charge in [0.05, 0.1) is 0 Å². The van der Waals surface area contributed by atoms with Crippen LogP contribution in [0.15, 0.2) is 109 Å². The summed E-state index contributed by atoms with van der Waals surface area (Å²) < 4.78 is 0. The summed E-state index contributed by atoms with van der Waals surface area (Å²) in [4.78, 5) is 0. The molecule has 114 heavy (non-hydrogen) atoms. The summed E-state index contributed by atoms with van der Waals surface area (Å²) in [5, 5.41) is 0. The summed E-state index contributed by atoms with van der Waals surface area (Å²) in [6, 6.07) is 43.2. The molecule has 0 saturated heterocycles. The Hall–Kier alpha value is -10.8. The largest absolute Gasteiger partial charge is 0.107 e. The molecular formula is C114H126. The maximum absolute atomic E-state index is 3.94. The topological polar surface area (TPSA) is 0 Å². The molecule has 0 radical (unpaired) electrons. The first-order valence-corrected chi connectivity index (χ1v) is 40.1. The lowest BCUT2D eigenvalue weighted by molar-refractivity contribution is 0.556. The normalized spacial score (nSPS) is 11.9. The maximum Gasteiger partial charge on any atom is 0.107 e. The van der Waals surface area contributed by atoms with Crippen LogP contribution in [0.25, 0.3) is 0 Å². The molecule has 0 saturated carbocycles. The summed E-state index contributed by atoms with van der Waals surface area (Å²) in [6.45, 7) is 82.7. The van der Waals surface area contributed by atoms with Crippen LogP contribution >= 0.6 is 0 Å². The van der Waals surface area contributed by atoms with E-state index in [0.29, 0.717) is 0 Å². The SMILES string of the molecule is CC(C)(C)c1cc(C(C)(C)C)cc(C(C#CC#CC#CC#CC#CC#CC#CC#CC#CC#CC#CC#CC#CC#CC(c2cc(C(C)(C)C)cc(C(C)(C)C)c2)(c2cc(C(C)(C)C)cc(C(C)(C)C)c2)c2cc(C(C)(C)C)cc(C(C)(C)C)c2)(c2cc(C(C)(C)C)cc(C(C)(C)C)c2)c2cc(C(C)(C)C)cc(C(C)(C)C)c2)c1. The molecular weight excluding hydrogens is 1370 g/mol. The highest BCUT2D eigenvalue weighted by molar-refractivity contribution is 5.67. The first-order valence-electron chi connectivity index (χ1n) is 40.1. The van der Waals surface area contributed by atoms with Gasteiger partial charge in [-0.3, -0.25) is 0 Å². The molecule has 0 amide bonds. The van der Waals surface area contributed by atoms with Gasteiger partial charge in [0.1, 0.15) is 10.8 Å². The van der Waals surface area contributed by atoms with Crippen LogP contribution in [-0.4, -0.2) is 0 Å². The minimum Gasteiger partial charge on any atom is -0.0677 e. The lowest BCUT2D eigenvalue weighted by Crippen LogP contribution is -2.32. The van der Waals surface area contributed by atoms with E-state index in [0.717, 1.165) is 33.4 Å². The van der Waals surface area contributed by atoms with E-state index in [4.69, 9.17) is 0 Å². The summed E-state index contributed by atoms with van der Waals surface area (Å²) in [5.74, 6) is 81.7. The molecule has 6 aromatic rings. The first kappa shape index (κ1) is 92.0. The molecule has 0 spiro atoms. The molecule has 582 valence electrons. The van der Waals surface area contributed by atoms with Gasteiger partial charge in [-0.2, -0.15) is 0 Å². The second-order valence-corrected chi connectivity index (χ2v) is 42.8. The monoisotopic (exact) mass is 1490 g/mol. The van der Waals surface area contributed by atoms with Gasteiger partial charge in [-0.15, -0.1) is 0 Å². The van der Waals surface area contributed by atoms with Crippen molar-refractivity contribution in [3.63, 3.8) is 0 Å². The fraction of sp³-hybridized carbons (Fsp3) is 0.439. The van der Waals surface area contributed by atoms with Crippen molar-refractivity contribution in [3.8, 4) is 166 Å². The Bertz CT molecular complexity index is 4740. The van der Waals surface area contributed by atoms with Crippen LogP contribution in [0.3, 0.4) is 0 Å². The Morgan fingerprint density at radius 3 is 0.254 bits per heavy atom. The Kier molecular flexibility index (Phi) is 28.1. The Balaban J connectivity index is 1.31. The average molecular weight is 1500 g/mol. The molecule has 6 rings (SSSR count). The predicted molar refractivity (Wildman–Crippen MR) is 492 cm³/mol. The highest BCUT2D eigenvalue weighted by Crippen LogP contribution is 2.50. The molecule has 0 N–H and O–H groups in total. The first-order chi connectivity index (χ1) is 52.1. The van der Waals surface area contributed by atoms with Crippen molar-refractivity contribution in [2.75, 3.05) is 0 Å². The molecule has 0 unspecified atom stereocenters. The molecule has 6 aromatic carbocycles. The van der Waals surface area contributed by atoms with Gasteiger partial charge >= 0.3 is 0 Å². The van der Waals surface area contributed by atoms with Crippen molar-refractivity contribution >= 4 is 0 Å². The third-order valence-electron chi connectivity index (χ3n) is 20.7. The zero-order valence-electron chi connectivity index (χ0n) is 76.4. The van der Waals surface area contributed by atoms with Gasteiger partial charge in [0, 0.05) is 59.2 Å². The second kappa shape index (κ2) is 34.9. The maximum atomic E-state index is 3.94. The van der Waals surface area contributed by atoms with Crippen LogP contribution in [0.4, 0.5) is 0 Å². The van der Waals surface area contributed by atoms with Crippen LogP contribution < -0.4 is 0 Å². The second-order valence-electron chi connectivity index (χ2n) is 42.8. The van der Waals surface area contributed by atoms with E-state index < -0.39 is 10.8 Å². The highest BCUT2D eigenvalue weighted by Gasteiger charge is 2.43. The lowest BCUT2D eigenvalue weighted by Gasteiger charge is -2.38. The van der Waals surface area contributed by atoms with Crippen LogP contribution in [0.1, 0.15) is 349 Å². The van der Waals surface area contributed by atoms with E-state index in [1.54, 1.807) is 0 Å². The zero-order valence-corrected chi connectivity index (χ0v) is 76.4. The Morgan fingerprint density at radius 1 is 0.105 bits per heavy atom. The summed E-state index contributed by atoms with van der Waals surface area (Å²) in [6.07, 6.45) is 0. The van der Waals surface area contributed by atoms with E-state index in [-0.39, 0.29) is 65.0 Å². The minimum atomic E-state index is -0.969. The molecule has 0 bridgehead atoms. The van der Waals surface area contributed by atoms with Gasteiger partial charge in [0.2, 0.25) is 0 Å². The Labute approximate surface area is 695 Å². The van der Waals surface area contributed by atoms with E-state index in [1.807, 2.05) is 0 Å². The summed E-state index contributed by atoms with van der Waals surface area (Å²) >= 11 is 0. The van der Waals surface area contributed by atoms with E-state index in [2.05, 4.69) is 524 Å². The third kappa shape index (κ3) is 24.8. The van der Waals surface area contributed by atoms with Crippen molar-refractivity contribution in [3.05, 3.63) is 209 Å². The molecule has 0 heterocycles. The van der Waals surface area contributed by atoms with Crippen molar-refractivity contribution in [1.82, 2.24) is 0 Å². The third-order valence-corrected chi connectivity index (χ3v) is 20.7.